The molecule has 132 valence electrons. The second kappa shape index (κ2) is 7.16. The molecule has 22 heavy (non-hydrogen) atoms. The zero-order valence-corrected chi connectivity index (χ0v) is 17.1. The van der Waals surface area contributed by atoms with E-state index in [1.165, 1.54) is 0 Å². The van der Waals surface area contributed by atoms with Gasteiger partial charge in [-0.25, -0.2) is 0 Å². The Bertz CT molecular complexity index is 449. The Morgan fingerprint density at radius 2 is 1.86 bits per heavy atom. The van der Waals surface area contributed by atoms with Gasteiger partial charge in [-0.15, -0.1) is 19.5 Å². The van der Waals surface area contributed by atoms with E-state index in [9.17, 15) is 10.2 Å². The summed E-state index contributed by atoms with van der Waals surface area (Å²) < 4.78 is 6.28. The molecule has 0 aromatic rings. The smallest absolute Gasteiger partial charge is 0.109 e. The van der Waals surface area contributed by atoms with Crippen LogP contribution in [0.25, 0.3) is 0 Å². The molecule has 3 nitrogen and oxygen atoms in total. The number of rotatable bonds is 7. The summed E-state index contributed by atoms with van der Waals surface area (Å²) in [7, 11) is -0.989. The molecular weight excluding hydrogens is 314 g/mol. The molecule has 1 unspecified atom stereocenters. The number of aliphatic hydroxyl groups is 2. The Kier molecular flexibility index (Phi) is 6.68. The largest absolute Gasteiger partial charge is 0.387 e. The molecule has 0 spiro atoms. The molecule has 0 aliphatic heterocycles. The average Bonchev–Trinajstić information content (AvgIpc) is 2.61. The second-order valence-electron chi connectivity index (χ2n) is 7.71. The molecule has 1 rings (SSSR count). The third-order valence-corrected chi connectivity index (χ3v) is 14.4. The second-order valence-corrected chi connectivity index (χ2v) is 15.3. The van der Waals surface area contributed by atoms with E-state index in [1.807, 2.05) is 6.92 Å². The van der Waals surface area contributed by atoms with Gasteiger partial charge in [-0.1, -0.05) is 28.3 Å². The molecule has 1 fully saturated rings. The topological polar surface area (TPSA) is 49.7 Å². The maximum absolute atomic E-state index is 10.4. The third-order valence-electron chi connectivity index (χ3n) is 5.70. The van der Waals surface area contributed by atoms with E-state index >= 15 is 0 Å². The normalized spacial score (nSPS) is 34.8. The van der Waals surface area contributed by atoms with Crippen LogP contribution in [0.1, 0.15) is 48.0 Å². The van der Waals surface area contributed by atoms with Gasteiger partial charge in [-0.05, 0) is 51.3 Å². The molecule has 5 atom stereocenters. The van der Waals surface area contributed by atoms with Crippen LogP contribution in [0, 0.1) is 5.92 Å². The van der Waals surface area contributed by atoms with E-state index in [1.54, 1.807) is 6.92 Å². The van der Waals surface area contributed by atoms with Crippen molar-refractivity contribution in [3.05, 3.63) is 0 Å². The van der Waals surface area contributed by atoms with Crippen LogP contribution in [-0.2, 0) is 4.74 Å². The average molecular weight is 350 g/mol. The minimum atomic E-state index is -1.14. The van der Waals surface area contributed by atoms with E-state index < -0.39 is 26.1 Å². The molecule has 0 radical (unpaired) electrons. The molecule has 5 heteroatoms. The highest BCUT2D eigenvalue weighted by molar-refractivity contribution is 7.83. The lowest BCUT2D eigenvalue weighted by Gasteiger charge is -2.37. The first kappa shape index (κ1) is 20.5. The van der Waals surface area contributed by atoms with E-state index in [-0.39, 0.29) is 17.4 Å². The van der Waals surface area contributed by atoms with Gasteiger partial charge in [-0.2, -0.15) is 0 Å². The van der Waals surface area contributed by atoms with Crippen molar-refractivity contribution >= 4 is 27.0 Å². The van der Waals surface area contributed by atoms with Crippen molar-refractivity contribution in [2.24, 2.45) is 5.92 Å². The summed E-state index contributed by atoms with van der Waals surface area (Å²) in [5.41, 5.74) is -1.06. The molecular formula is C17H36O3P2. The highest BCUT2D eigenvalue weighted by Crippen LogP contribution is 2.56. The molecule has 1 aliphatic rings. The minimum absolute atomic E-state index is 0.0366. The third kappa shape index (κ3) is 4.31. The predicted octanol–water partition coefficient (Wildman–Crippen LogP) is 3.35. The number of hydrogen-bond acceptors (Lipinski definition) is 3. The molecule has 1 saturated carbocycles. The SMILES string of the molecule is C=[PH](CP(=C)(CC)CC)C(C)(C)O[C@H]1C[C@@H](C)[C@](C)(O)[C@@H]1O. The Morgan fingerprint density at radius 3 is 2.23 bits per heavy atom. The molecule has 0 heterocycles. The van der Waals surface area contributed by atoms with Gasteiger partial charge in [0.25, 0.3) is 0 Å². The highest BCUT2D eigenvalue weighted by atomic mass is 31.2. The Balaban J connectivity index is 2.80. The molecule has 0 bridgehead atoms. The van der Waals surface area contributed by atoms with Gasteiger partial charge in [0.1, 0.15) is 6.10 Å². The zero-order chi connectivity index (χ0) is 17.3. The summed E-state index contributed by atoms with van der Waals surface area (Å²) >= 11 is 0. The summed E-state index contributed by atoms with van der Waals surface area (Å²) in [5.74, 6) is 1.14. The van der Waals surface area contributed by atoms with Crippen molar-refractivity contribution in [2.75, 3.05) is 18.2 Å². The standard InChI is InChI=1S/C17H36O3P2/c1-9-22(8,10-2)12-21(7)16(4,5)20-14-11-13(3)17(6,19)15(14)18/h13-15,18-19,21H,7-12H2,1-6H3/t13-,14+,15-,17+/m1/s1. The molecule has 0 amide bonds. The summed E-state index contributed by atoms with van der Waals surface area (Å²) in [5, 5.41) is 20.4. The lowest BCUT2D eigenvalue weighted by Crippen LogP contribution is -2.44. The van der Waals surface area contributed by atoms with Gasteiger partial charge >= 0.3 is 0 Å². The number of ether oxygens (including phenoxy) is 1. The summed E-state index contributed by atoms with van der Waals surface area (Å²) in [4.78, 5) is 0. The Hall–Kier alpha value is 0.480. The Labute approximate surface area is 137 Å². The molecule has 0 aromatic heterocycles. The first-order valence-corrected chi connectivity index (χ1v) is 12.8. The maximum atomic E-state index is 10.4. The first-order valence-electron chi connectivity index (χ1n) is 8.36. The predicted molar refractivity (Wildman–Crippen MR) is 105 cm³/mol. The molecule has 0 saturated heterocycles. The van der Waals surface area contributed by atoms with Gasteiger partial charge < -0.3 is 14.9 Å². The van der Waals surface area contributed by atoms with Crippen molar-refractivity contribution in [1.82, 2.24) is 0 Å². The lowest BCUT2D eigenvalue weighted by atomic mass is 9.93. The lowest BCUT2D eigenvalue weighted by molar-refractivity contribution is -0.122. The van der Waals surface area contributed by atoms with Crippen molar-refractivity contribution in [1.29, 1.82) is 0 Å². The zero-order valence-electron chi connectivity index (χ0n) is 15.2. The van der Waals surface area contributed by atoms with E-state index in [4.69, 9.17) is 4.74 Å². The molecule has 2 N–H and O–H groups in total. The van der Waals surface area contributed by atoms with Crippen LogP contribution in [0.3, 0.4) is 0 Å². The van der Waals surface area contributed by atoms with Gasteiger partial charge in [-0.3, -0.25) is 0 Å². The van der Waals surface area contributed by atoms with E-state index in [0.29, 0.717) is 6.42 Å². The maximum Gasteiger partial charge on any atom is 0.109 e. The fraction of sp³-hybridized carbons (Fsp3) is 0.882. The van der Waals surface area contributed by atoms with Crippen molar-refractivity contribution in [3.8, 4) is 0 Å². The van der Waals surface area contributed by atoms with Crippen molar-refractivity contribution in [3.63, 3.8) is 0 Å². The summed E-state index contributed by atoms with van der Waals surface area (Å²) in [6, 6.07) is 0. The van der Waals surface area contributed by atoms with Crippen molar-refractivity contribution < 1.29 is 14.9 Å². The highest BCUT2D eigenvalue weighted by Gasteiger charge is 2.50. The monoisotopic (exact) mass is 350 g/mol. The van der Waals surface area contributed by atoms with E-state index in [0.717, 1.165) is 18.2 Å². The van der Waals surface area contributed by atoms with Crippen LogP contribution in [0.4, 0.5) is 0 Å². The first-order chi connectivity index (χ1) is 9.89. The molecule has 1 aliphatic carbocycles. The van der Waals surface area contributed by atoms with Gasteiger partial charge in [0.15, 0.2) is 0 Å². The quantitative estimate of drug-likeness (QED) is 0.692. The van der Waals surface area contributed by atoms with Gasteiger partial charge in [0, 0.05) is 0 Å². The van der Waals surface area contributed by atoms with Gasteiger partial charge in [0.2, 0.25) is 0 Å². The van der Waals surface area contributed by atoms with Crippen molar-refractivity contribution in [2.45, 2.75) is 71.1 Å². The van der Waals surface area contributed by atoms with Crippen LogP contribution in [-0.4, -0.2) is 64.2 Å². The number of aliphatic hydroxyl groups excluding tert-OH is 1. The van der Waals surface area contributed by atoms with Crippen LogP contribution in [0.2, 0.25) is 0 Å². The fourth-order valence-electron chi connectivity index (χ4n) is 3.00. The Morgan fingerprint density at radius 1 is 1.36 bits per heavy atom. The van der Waals surface area contributed by atoms with Crippen LogP contribution in [0.15, 0.2) is 0 Å². The molecule has 0 aromatic carbocycles. The van der Waals surface area contributed by atoms with Crippen LogP contribution in [0.5, 0.6) is 0 Å². The van der Waals surface area contributed by atoms with Crippen LogP contribution >= 0.6 is 14.4 Å². The van der Waals surface area contributed by atoms with Gasteiger partial charge in [0.05, 0.1) is 17.0 Å². The summed E-state index contributed by atoms with van der Waals surface area (Å²) in [6.45, 7) is 11.2. The fourth-order valence-corrected chi connectivity index (χ4v) is 10.3. The summed E-state index contributed by atoms with van der Waals surface area (Å²) in [6.07, 6.45) is 10.8. The minimum Gasteiger partial charge on any atom is -0.387 e. The number of hydrogen-bond donors (Lipinski definition) is 2. The van der Waals surface area contributed by atoms with Crippen LogP contribution < -0.4 is 0 Å². The van der Waals surface area contributed by atoms with E-state index in [2.05, 4.69) is 40.3 Å².